The van der Waals surface area contributed by atoms with E-state index in [1.807, 2.05) is 36.0 Å². The second kappa shape index (κ2) is 6.29. The standard InChI is InChI=1S/C20H21N5O/c1-13-6-4-7-16(10-13)19-15(3)20-22-17(12-18(26)25(20)23-19)11-14(2)24-9-5-8-21-24/h4-10,12,14,23H,11H2,1-3H3. The first-order valence-electron chi connectivity index (χ1n) is 8.70. The minimum Gasteiger partial charge on any atom is -0.289 e. The van der Waals surface area contributed by atoms with Gasteiger partial charge in [0.25, 0.3) is 5.56 Å². The van der Waals surface area contributed by atoms with Crippen molar-refractivity contribution in [3.63, 3.8) is 0 Å². The molecule has 26 heavy (non-hydrogen) atoms. The second-order valence-electron chi connectivity index (χ2n) is 6.77. The van der Waals surface area contributed by atoms with Gasteiger partial charge in [0.15, 0.2) is 5.65 Å². The monoisotopic (exact) mass is 347 g/mol. The lowest BCUT2D eigenvalue weighted by Gasteiger charge is -2.11. The highest BCUT2D eigenvalue weighted by molar-refractivity contribution is 5.70. The van der Waals surface area contributed by atoms with E-state index in [1.54, 1.807) is 12.3 Å². The van der Waals surface area contributed by atoms with Crippen LogP contribution in [0.1, 0.15) is 29.8 Å². The zero-order chi connectivity index (χ0) is 18.3. The highest BCUT2D eigenvalue weighted by atomic mass is 16.1. The van der Waals surface area contributed by atoms with E-state index in [4.69, 9.17) is 4.98 Å². The fourth-order valence-corrected chi connectivity index (χ4v) is 3.32. The van der Waals surface area contributed by atoms with Crippen molar-refractivity contribution >= 4 is 5.65 Å². The molecule has 6 nitrogen and oxygen atoms in total. The van der Waals surface area contributed by atoms with Gasteiger partial charge >= 0.3 is 0 Å². The molecule has 1 atom stereocenters. The third-order valence-corrected chi connectivity index (χ3v) is 4.69. The van der Waals surface area contributed by atoms with Gasteiger partial charge in [0.2, 0.25) is 0 Å². The van der Waals surface area contributed by atoms with Gasteiger partial charge in [0, 0.05) is 36.0 Å². The Balaban J connectivity index is 1.77. The summed E-state index contributed by atoms with van der Waals surface area (Å²) in [5.41, 5.74) is 5.48. The molecule has 4 aromatic rings. The van der Waals surface area contributed by atoms with E-state index in [2.05, 4.69) is 36.2 Å². The van der Waals surface area contributed by atoms with E-state index in [1.165, 1.54) is 10.1 Å². The smallest absolute Gasteiger partial charge is 0.272 e. The maximum atomic E-state index is 12.6. The first kappa shape index (κ1) is 16.3. The molecule has 0 saturated heterocycles. The molecule has 0 aliphatic carbocycles. The maximum absolute atomic E-state index is 12.6. The largest absolute Gasteiger partial charge is 0.289 e. The van der Waals surface area contributed by atoms with Gasteiger partial charge in [-0.2, -0.15) is 5.10 Å². The summed E-state index contributed by atoms with van der Waals surface area (Å²) in [6.07, 6.45) is 4.33. The van der Waals surface area contributed by atoms with Gasteiger partial charge in [-0.1, -0.05) is 23.8 Å². The predicted molar refractivity (Wildman–Crippen MR) is 101 cm³/mol. The maximum Gasteiger partial charge on any atom is 0.272 e. The summed E-state index contributed by atoms with van der Waals surface area (Å²) in [5.74, 6) is 0. The van der Waals surface area contributed by atoms with E-state index in [0.29, 0.717) is 12.1 Å². The average Bonchev–Trinajstić information content (AvgIpc) is 3.24. The SMILES string of the molecule is Cc1cccc(-c2[nH]n3c(=O)cc(CC(C)n4cccn4)nc3c2C)c1. The number of nitrogens with one attached hydrogen (secondary N) is 1. The number of aromatic nitrogens is 5. The van der Waals surface area contributed by atoms with Crippen molar-refractivity contribution < 1.29 is 0 Å². The van der Waals surface area contributed by atoms with Gasteiger partial charge in [-0.05, 0) is 32.9 Å². The van der Waals surface area contributed by atoms with Crippen LogP contribution >= 0.6 is 0 Å². The van der Waals surface area contributed by atoms with Crippen LogP contribution in [0.5, 0.6) is 0 Å². The fraction of sp³-hybridized carbons (Fsp3) is 0.250. The van der Waals surface area contributed by atoms with Crippen LogP contribution in [-0.2, 0) is 6.42 Å². The van der Waals surface area contributed by atoms with Crippen molar-refractivity contribution in [2.24, 2.45) is 0 Å². The molecule has 4 rings (SSSR count). The molecule has 0 bridgehead atoms. The summed E-state index contributed by atoms with van der Waals surface area (Å²) in [7, 11) is 0. The summed E-state index contributed by atoms with van der Waals surface area (Å²) in [6.45, 7) is 6.12. The van der Waals surface area contributed by atoms with Gasteiger partial charge in [-0.3, -0.25) is 14.6 Å². The molecule has 1 unspecified atom stereocenters. The molecule has 0 spiro atoms. The van der Waals surface area contributed by atoms with Crippen LogP contribution in [0, 0.1) is 13.8 Å². The fourth-order valence-electron chi connectivity index (χ4n) is 3.32. The van der Waals surface area contributed by atoms with Crippen molar-refractivity contribution in [3.8, 4) is 11.3 Å². The minimum atomic E-state index is -0.0975. The zero-order valence-electron chi connectivity index (χ0n) is 15.1. The number of aryl methyl sites for hydroxylation is 2. The van der Waals surface area contributed by atoms with Crippen LogP contribution in [0.4, 0.5) is 0 Å². The topological polar surface area (TPSA) is 68.0 Å². The molecule has 0 fully saturated rings. The molecule has 0 aliphatic heterocycles. The summed E-state index contributed by atoms with van der Waals surface area (Å²) in [5, 5.41) is 7.47. The average molecular weight is 347 g/mol. The number of fused-ring (bicyclic) bond motifs is 1. The quantitative estimate of drug-likeness (QED) is 0.616. The lowest BCUT2D eigenvalue weighted by molar-refractivity contribution is 0.484. The van der Waals surface area contributed by atoms with Crippen LogP contribution < -0.4 is 5.56 Å². The molecule has 0 saturated carbocycles. The minimum absolute atomic E-state index is 0.0975. The van der Waals surface area contributed by atoms with Crippen LogP contribution in [0.25, 0.3) is 16.9 Å². The molecule has 3 heterocycles. The van der Waals surface area contributed by atoms with Crippen molar-refractivity contribution in [2.75, 3.05) is 0 Å². The van der Waals surface area contributed by atoms with E-state index in [0.717, 1.165) is 22.5 Å². The summed E-state index contributed by atoms with van der Waals surface area (Å²) < 4.78 is 3.40. The molecule has 1 N–H and O–H groups in total. The molecule has 0 aliphatic rings. The highest BCUT2D eigenvalue weighted by Gasteiger charge is 2.15. The molecule has 0 radical (unpaired) electrons. The van der Waals surface area contributed by atoms with Crippen LogP contribution in [0.3, 0.4) is 0 Å². The lowest BCUT2D eigenvalue weighted by Crippen LogP contribution is -2.18. The normalized spacial score (nSPS) is 12.6. The van der Waals surface area contributed by atoms with Gasteiger partial charge in [-0.15, -0.1) is 0 Å². The number of benzene rings is 1. The predicted octanol–water partition coefficient (Wildman–Crippen LogP) is 3.31. The third kappa shape index (κ3) is 2.83. The Morgan fingerprint density at radius 1 is 1.19 bits per heavy atom. The Morgan fingerprint density at radius 3 is 2.77 bits per heavy atom. The van der Waals surface area contributed by atoms with E-state index < -0.39 is 0 Å². The van der Waals surface area contributed by atoms with Gasteiger partial charge in [0.1, 0.15) is 0 Å². The number of H-pyrrole nitrogens is 1. The molecule has 1 aromatic carbocycles. The molecule has 3 aromatic heterocycles. The Morgan fingerprint density at radius 2 is 2.04 bits per heavy atom. The molecular formula is C20H21N5O. The molecular weight excluding hydrogens is 326 g/mol. The van der Waals surface area contributed by atoms with E-state index in [9.17, 15) is 4.79 Å². The Hall–Kier alpha value is -3.15. The lowest BCUT2D eigenvalue weighted by atomic mass is 10.1. The summed E-state index contributed by atoms with van der Waals surface area (Å²) in [4.78, 5) is 17.3. The number of hydrogen-bond acceptors (Lipinski definition) is 3. The van der Waals surface area contributed by atoms with Gasteiger partial charge in [0.05, 0.1) is 17.4 Å². The van der Waals surface area contributed by atoms with E-state index >= 15 is 0 Å². The number of rotatable bonds is 4. The van der Waals surface area contributed by atoms with Crippen molar-refractivity contribution in [3.05, 3.63) is 76.0 Å². The van der Waals surface area contributed by atoms with Gasteiger partial charge < -0.3 is 0 Å². The first-order valence-corrected chi connectivity index (χ1v) is 8.70. The molecule has 6 heteroatoms. The van der Waals surface area contributed by atoms with Crippen molar-refractivity contribution in [2.45, 2.75) is 33.2 Å². The Kier molecular flexibility index (Phi) is 3.95. The first-order chi connectivity index (χ1) is 12.5. The Labute approximate surface area is 151 Å². The van der Waals surface area contributed by atoms with Crippen molar-refractivity contribution in [1.29, 1.82) is 0 Å². The van der Waals surface area contributed by atoms with E-state index in [-0.39, 0.29) is 11.6 Å². The second-order valence-corrected chi connectivity index (χ2v) is 6.77. The highest BCUT2D eigenvalue weighted by Crippen LogP contribution is 2.25. The summed E-state index contributed by atoms with van der Waals surface area (Å²) >= 11 is 0. The zero-order valence-corrected chi connectivity index (χ0v) is 15.1. The number of hydrogen-bond donors (Lipinski definition) is 1. The molecule has 0 amide bonds. The van der Waals surface area contributed by atoms with Crippen LogP contribution in [0.15, 0.2) is 53.6 Å². The number of aromatic amines is 1. The third-order valence-electron chi connectivity index (χ3n) is 4.69. The molecule has 132 valence electrons. The van der Waals surface area contributed by atoms with Gasteiger partial charge in [-0.25, -0.2) is 9.50 Å². The van der Waals surface area contributed by atoms with Crippen LogP contribution in [-0.4, -0.2) is 24.4 Å². The number of nitrogens with zero attached hydrogens (tertiary/aromatic N) is 4. The van der Waals surface area contributed by atoms with Crippen molar-refractivity contribution in [1.82, 2.24) is 24.4 Å². The Bertz CT molecular complexity index is 1120. The van der Waals surface area contributed by atoms with Crippen LogP contribution in [0.2, 0.25) is 0 Å². The summed E-state index contributed by atoms with van der Waals surface area (Å²) in [6, 6.07) is 11.8.